The summed E-state index contributed by atoms with van der Waals surface area (Å²) in [6.07, 6.45) is 1.50. The van der Waals surface area contributed by atoms with Crippen molar-refractivity contribution in [3.8, 4) is 0 Å². The molecule has 0 aromatic rings. The molecule has 18 heavy (non-hydrogen) atoms. The zero-order valence-electron chi connectivity index (χ0n) is 10.6. The average Bonchev–Trinajstić information content (AvgIpc) is 2.40. The van der Waals surface area contributed by atoms with Gasteiger partial charge in [-0.3, -0.25) is 10.9 Å². The third-order valence-electron chi connectivity index (χ3n) is 1.59. The first-order chi connectivity index (χ1) is 8.63. The van der Waals surface area contributed by atoms with E-state index in [1.54, 1.807) is 14.1 Å². The van der Waals surface area contributed by atoms with Crippen molar-refractivity contribution in [3.63, 3.8) is 0 Å². The third-order valence-corrected chi connectivity index (χ3v) is 2.18. The van der Waals surface area contributed by atoms with Crippen LogP contribution in [-0.4, -0.2) is 49.5 Å². The second-order valence-electron chi connectivity index (χ2n) is 2.88. The van der Waals surface area contributed by atoms with Crippen molar-refractivity contribution in [2.24, 2.45) is 10.2 Å². The number of hydrazone groups is 2. The number of thiocarbonyl (C=S) groups is 2. The molecule has 0 aromatic heterocycles. The highest BCUT2D eigenvalue weighted by Crippen LogP contribution is 1.79. The van der Waals surface area contributed by atoms with Crippen molar-refractivity contribution >= 4 is 46.6 Å². The van der Waals surface area contributed by atoms with Gasteiger partial charge in [-0.15, -0.1) is 0 Å². The molecule has 0 saturated heterocycles. The van der Waals surface area contributed by atoms with Crippen molar-refractivity contribution in [2.45, 2.75) is 6.92 Å². The minimum absolute atomic E-state index is 0.327. The van der Waals surface area contributed by atoms with Crippen LogP contribution in [0.3, 0.4) is 0 Å². The Labute approximate surface area is 117 Å². The van der Waals surface area contributed by atoms with Gasteiger partial charge in [0.1, 0.15) is 5.71 Å². The molecule has 0 heterocycles. The van der Waals surface area contributed by atoms with Crippen LogP contribution in [0, 0.1) is 0 Å². The summed E-state index contributed by atoms with van der Waals surface area (Å²) in [5.41, 5.74) is 5.86. The Kier molecular flexibility index (Phi) is 10.0. The highest BCUT2D eigenvalue weighted by molar-refractivity contribution is 7.80. The second-order valence-corrected chi connectivity index (χ2v) is 3.70. The van der Waals surface area contributed by atoms with E-state index >= 15 is 0 Å². The zero-order valence-corrected chi connectivity index (χ0v) is 12.2. The van der Waals surface area contributed by atoms with Gasteiger partial charge in [0.05, 0.1) is 12.8 Å². The molecule has 4 N–H and O–H groups in total. The Morgan fingerprint density at radius 3 is 2.33 bits per heavy atom. The van der Waals surface area contributed by atoms with E-state index in [2.05, 4.69) is 31.7 Å². The fourth-order valence-corrected chi connectivity index (χ4v) is 0.803. The van der Waals surface area contributed by atoms with E-state index in [-0.39, 0.29) is 0 Å². The lowest BCUT2D eigenvalue weighted by atomic mass is 10.4. The summed E-state index contributed by atoms with van der Waals surface area (Å²) in [5, 5.41) is 14.2. The predicted molar refractivity (Wildman–Crippen MR) is 82.0 cm³/mol. The molecule has 0 spiro atoms. The molecule has 0 rings (SSSR count). The lowest BCUT2D eigenvalue weighted by molar-refractivity contribution is 0.188. The van der Waals surface area contributed by atoms with Crippen LogP contribution >= 0.6 is 24.4 Å². The van der Waals surface area contributed by atoms with Crippen LogP contribution < -0.4 is 21.5 Å². The highest BCUT2D eigenvalue weighted by Gasteiger charge is 1.97. The molecule has 0 amide bonds. The molecule has 0 aliphatic heterocycles. The predicted octanol–water partition coefficient (Wildman–Crippen LogP) is -0.447. The fourth-order valence-electron chi connectivity index (χ4n) is 0.705. The van der Waals surface area contributed by atoms with Crippen LogP contribution in [0.5, 0.6) is 0 Å². The third kappa shape index (κ3) is 8.79. The van der Waals surface area contributed by atoms with Crippen molar-refractivity contribution < 1.29 is 4.74 Å². The first kappa shape index (κ1) is 16.7. The molecule has 0 aromatic carbocycles. The van der Waals surface area contributed by atoms with Crippen molar-refractivity contribution in [1.29, 1.82) is 0 Å². The Bertz CT molecular complexity index is 331. The largest absolute Gasteiger partial charge is 0.375 e. The SMILES string of the molecule is CCOCC(C=NNC(=S)NC)=NNC(=S)NC. The van der Waals surface area contributed by atoms with E-state index in [0.29, 0.717) is 29.2 Å². The molecule has 0 saturated carbocycles. The van der Waals surface area contributed by atoms with E-state index in [1.165, 1.54) is 6.21 Å². The Morgan fingerprint density at radius 2 is 1.78 bits per heavy atom. The van der Waals surface area contributed by atoms with Gasteiger partial charge in [0.25, 0.3) is 0 Å². The Hall–Kier alpha value is -1.32. The maximum atomic E-state index is 5.24. The van der Waals surface area contributed by atoms with Gasteiger partial charge in [-0.2, -0.15) is 10.2 Å². The van der Waals surface area contributed by atoms with Crippen LogP contribution in [0.25, 0.3) is 0 Å². The van der Waals surface area contributed by atoms with Crippen LogP contribution in [0.2, 0.25) is 0 Å². The summed E-state index contributed by atoms with van der Waals surface area (Å²) in [4.78, 5) is 0. The van der Waals surface area contributed by atoms with Crippen LogP contribution in [0.15, 0.2) is 10.2 Å². The topological polar surface area (TPSA) is 82.1 Å². The number of hydrogen-bond donors (Lipinski definition) is 4. The highest BCUT2D eigenvalue weighted by atomic mass is 32.1. The fraction of sp³-hybridized carbons (Fsp3) is 0.556. The molecule has 9 heteroatoms. The van der Waals surface area contributed by atoms with Gasteiger partial charge >= 0.3 is 0 Å². The van der Waals surface area contributed by atoms with Crippen LogP contribution in [-0.2, 0) is 4.74 Å². The zero-order chi connectivity index (χ0) is 13.8. The summed E-state index contributed by atoms with van der Waals surface area (Å²) in [6.45, 7) is 2.81. The van der Waals surface area contributed by atoms with Gasteiger partial charge in [-0.1, -0.05) is 0 Å². The number of nitrogens with zero attached hydrogens (tertiary/aromatic N) is 2. The molecule has 7 nitrogen and oxygen atoms in total. The summed E-state index contributed by atoms with van der Waals surface area (Å²) < 4.78 is 5.24. The average molecular weight is 290 g/mol. The van der Waals surface area contributed by atoms with Crippen molar-refractivity contribution in [2.75, 3.05) is 27.3 Å². The minimum atomic E-state index is 0.327. The van der Waals surface area contributed by atoms with E-state index in [1.807, 2.05) is 6.92 Å². The molecule has 0 fully saturated rings. The minimum Gasteiger partial charge on any atom is -0.375 e. The van der Waals surface area contributed by atoms with E-state index in [0.717, 1.165) is 0 Å². The van der Waals surface area contributed by atoms with Crippen molar-refractivity contribution in [3.05, 3.63) is 0 Å². The molecule has 0 unspecified atom stereocenters. The molecule has 102 valence electrons. The number of ether oxygens (including phenoxy) is 1. The molecular formula is C9H18N6OS2. The molecule has 0 aliphatic rings. The standard InChI is InChI=1S/C9H18N6OS2/c1-4-16-6-7(13-15-9(18)11-3)5-12-14-8(17)10-2/h5H,4,6H2,1-3H3,(H2,10,14,17)(H2,11,15,18). The van der Waals surface area contributed by atoms with Crippen LogP contribution in [0.4, 0.5) is 0 Å². The summed E-state index contributed by atoms with van der Waals surface area (Å²) in [7, 11) is 3.40. The van der Waals surface area contributed by atoms with Gasteiger partial charge in [-0.05, 0) is 31.4 Å². The van der Waals surface area contributed by atoms with E-state index in [9.17, 15) is 0 Å². The maximum absolute atomic E-state index is 5.24. The van der Waals surface area contributed by atoms with Gasteiger partial charge in [0.15, 0.2) is 10.2 Å². The smallest absolute Gasteiger partial charge is 0.186 e. The summed E-state index contributed by atoms with van der Waals surface area (Å²) in [6, 6.07) is 0. The Balaban J connectivity index is 4.37. The van der Waals surface area contributed by atoms with Gasteiger partial charge in [0, 0.05) is 20.7 Å². The van der Waals surface area contributed by atoms with Gasteiger partial charge in [-0.25, -0.2) is 0 Å². The quantitative estimate of drug-likeness (QED) is 0.300. The molecule has 0 aliphatic carbocycles. The number of nitrogens with one attached hydrogen (secondary N) is 4. The molecule has 0 radical (unpaired) electrons. The monoisotopic (exact) mass is 290 g/mol. The maximum Gasteiger partial charge on any atom is 0.186 e. The van der Waals surface area contributed by atoms with Crippen LogP contribution in [0.1, 0.15) is 6.92 Å². The first-order valence-corrected chi connectivity index (χ1v) is 6.08. The first-order valence-electron chi connectivity index (χ1n) is 5.26. The van der Waals surface area contributed by atoms with Crippen molar-refractivity contribution in [1.82, 2.24) is 21.5 Å². The lowest BCUT2D eigenvalue weighted by Crippen LogP contribution is -2.31. The second kappa shape index (κ2) is 10.8. The van der Waals surface area contributed by atoms with Gasteiger partial charge < -0.3 is 15.4 Å². The normalized spacial score (nSPS) is 11.2. The summed E-state index contributed by atoms with van der Waals surface area (Å²) >= 11 is 9.76. The molecule has 0 atom stereocenters. The van der Waals surface area contributed by atoms with Gasteiger partial charge in [0.2, 0.25) is 0 Å². The van der Waals surface area contributed by atoms with E-state index < -0.39 is 0 Å². The number of hydrogen-bond acceptors (Lipinski definition) is 5. The molecular weight excluding hydrogens is 272 g/mol. The summed E-state index contributed by atoms with van der Waals surface area (Å²) in [5.74, 6) is 0. The molecule has 0 bridgehead atoms. The lowest BCUT2D eigenvalue weighted by Gasteiger charge is -2.05. The Morgan fingerprint density at radius 1 is 1.17 bits per heavy atom. The number of rotatable bonds is 6. The van der Waals surface area contributed by atoms with E-state index in [4.69, 9.17) is 29.2 Å².